The van der Waals surface area contributed by atoms with E-state index < -0.39 is 0 Å². The lowest BCUT2D eigenvalue weighted by molar-refractivity contribution is -0.141. The molecule has 0 amide bonds. The van der Waals surface area contributed by atoms with Crippen LogP contribution in [-0.4, -0.2) is 48.5 Å². The number of carbonyl (C=O) groups is 1. The first-order valence-corrected chi connectivity index (χ1v) is 10.4. The molecule has 0 radical (unpaired) electrons. The van der Waals surface area contributed by atoms with Gasteiger partial charge in [0.2, 0.25) is 0 Å². The van der Waals surface area contributed by atoms with Crippen molar-refractivity contribution in [1.82, 2.24) is 4.90 Å². The summed E-state index contributed by atoms with van der Waals surface area (Å²) in [6.45, 7) is 14.7. The Kier molecular flexibility index (Phi) is 6.69. The lowest BCUT2D eigenvalue weighted by Crippen LogP contribution is -2.36. The molecule has 0 aromatic heterocycles. The highest BCUT2D eigenvalue weighted by molar-refractivity contribution is 8.03. The SMILES string of the molecule is COC(=O)CN1CCSC(=Cc2cc(C(C)(C)C)c(O)c(C(C)(C)C)c2)C1. The maximum absolute atomic E-state index is 11.6. The molecule has 1 aliphatic heterocycles. The van der Waals surface area contributed by atoms with E-state index >= 15 is 0 Å². The van der Waals surface area contributed by atoms with E-state index in [2.05, 4.69) is 64.7 Å². The number of thioether (sulfide) groups is 1. The number of rotatable bonds is 3. The van der Waals surface area contributed by atoms with Crippen molar-refractivity contribution in [1.29, 1.82) is 0 Å². The van der Waals surface area contributed by atoms with Gasteiger partial charge < -0.3 is 9.84 Å². The second-order valence-corrected chi connectivity index (χ2v) is 10.4. The molecule has 27 heavy (non-hydrogen) atoms. The quantitative estimate of drug-likeness (QED) is 0.766. The molecule has 0 unspecified atom stereocenters. The number of esters is 1. The van der Waals surface area contributed by atoms with Crippen LogP contribution in [0.1, 0.15) is 58.2 Å². The van der Waals surface area contributed by atoms with Gasteiger partial charge in [-0.15, -0.1) is 11.8 Å². The molecule has 1 aliphatic rings. The highest BCUT2D eigenvalue weighted by Crippen LogP contribution is 2.40. The number of phenols is 1. The van der Waals surface area contributed by atoms with Gasteiger partial charge in [0, 0.05) is 30.0 Å². The van der Waals surface area contributed by atoms with Crippen LogP contribution in [0.2, 0.25) is 0 Å². The van der Waals surface area contributed by atoms with Crippen molar-refractivity contribution in [2.45, 2.75) is 52.4 Å². The van der Waals surface area contributed by atoms with Crippen molar-refractivity contribution in [3.05, 3.63) is 33.7 Å². The largest absolute Gasteiger partial charge is 0.507 e. The van der Waals surface area contributed by atoms with Gasteiger partial charge in [0.15, 0.2) is 0 Å². The Morgan fingerprint density at radius 1 is 1.19 bits per heavy atom. The minimum Gasteiger partial charge on any atom is -0.507 e. The Labute approximate surface area is 168 Å². The molecule has 1 saturated heterocycles. The van der Waals surface area contributed by atoms with Gasteiger partial charge in [0.25, 0.3) is 0 Å². The Bertz CT molecular complexity index is 691. The van der Waals surface area contributed by atoms with Crippen LogP contribution in [0.25, 0.3) is 6.08 Å². The Hall–Kier alpha value is -1.46. The minimum absolute atomic E-state index is 0.144. The zero-order valence-corrected chi connectivity index (χ0v) is 18.5. The van der Waals surface area contributed by atoms with E-state index in [0.29, 0.717) is 12.3 Å². The van der Waals surface area contributed by atoms with Crippen LogP contribution in [0, 0.1) is 0 Å². The van der Waals surface area contributed by atoms with Crippen molar-refractivity contribution in [2.24, 2.45) is 0 Å². The number of benzene rings is 1. The topological polar surface area (TPSA) is 49.8 Å². The van der Waals surface area contributed by atoms with E-state index in [1.807, 2.05) is 11.8 Å². The smallest absolute Gasteiger partial charge is 0.319 e. The lowest BCUT2D eigenvalue weighted by atomic mass is 9.78. The van der Waals surface area contributed by atoms with Crippen LogP contribution >= 0.6 is 11.8 Å². The fraction of sp³-hybridized carbons (Fsp3) is 0.591. The van der Waals surface area contributed by atoms with E-state index in [0.717, 1.165) is 35.5 Å². The number of nitrogens with zero attached hydrogens (tertiary/aromatic N) is 1. The maximum atomic E-state index is 11.6. The highest BCUT2D eigenvalue weighted by Gasteiger charge is 2.26. The van der Waals surface area contributed by atoms with E-state index in [1.54, 1.807) is 0 Å². The molecule has 1 heterocycles. The maximum Gasteiger partial charge on any atom is 0.319 e. The van der Waals surface area contributed by atoms with E-state index in [4.69, 9.17) is 4.74 Å². The second-order valence-electron chi connectivity index (χ2n) is 9.21. The molecule has 1 N–H and O–H groups in total. The minimum atomic E-state index is -0.198. The van der Waals surface area contributed by atoms with Crippen LogP contribution < -0.4 is 0 Å². The number of methoxy groups -OCH3 is 1. The number of phenolic OH excluding ortho intramolecular Hbond substituents is 1. The van der Waals surface area contributed by atoms with Gasteiger partial charge in [-0.2, -0.15) is 0 Å². The number of hydrogen-bond acceptors (Lipinski definition) is 5. The van der Waals surface area contributed by atoms with Crippen molar-refractivity contribution < 1.29 is 14.6 Å². The fourth-order valence-corrected chi connectivity index (χ4v) is 4.29. The van der Waals surface area contributed by atoms with Crippen molar-refractivity contribution >= 4 is 23.8 Å². The van der Waals surface area contributed by atoms with E-state index in [9.17, 15) is 9.90 Å². The van der Waals surface area contributed by atoms with E-state index in [1.165, 1.54) is 12.0 Å². The molecule has 5 heteroatoms. The van der Waals surface area contributed by atoms with Crippen molar-refractivity contribution in [3.8, 4) is 5.75 Å². The normalized spacial score (nSPS) is 18.0. The lowest BCUT2D eigenvalue weighted by Gasteiger charge is -2.29. The zero-order valence-electron chi connectivity index (χ0n) is 17.7. The summed E-state index contributed by atoms with van der Waals surface area (Å²) in [4.78, 5) is 14.9. The van der Waals surface area contributed by atoms with Gasteiger partial charge in [-0.05, 0) is 39.5 Å². The first-order valence-electron chi connectivity index (χ1n) is 9.42. The van der Waals surface area contributed by atoms with E-state index in [-0.39, 0.29) is 16.8 Å². The summed E-state index contributed by atoms with van der Waals surface area (Å²) < 4.78 is 4.79. The molecule has 0 atom stereocenters. The van der Waals surface area contributed by atoms with Crippen molar-refractivity contribution in [2.75, 3.05) is 32.5 Å². The summed E-state index contributed by atoms with van der Waals surface area (Å²) in [5.41, 5.74) is 2.75. The number of carbonyl (C=O) groups excluding carboxylic acids is 1. The molecular weight excluding hydrogens is 358 g/mol. The van der Waals surface area contributed by atoms with Gasteiger partial charge >= 0.3 is 5.97 Å². The first-order chi connectivity index (χ1) is 12.4. The first kappa shape index (κ1) is 21.8. The van der Waals surface area contributed by atoms with Crippen LogP contribution in [0.4, 0.5) is 0 Å². The van der Waals surface area contributed by atoms with Gasteiger partial charge in [-0.3, -0.25) is 9.69 Å². The predicted molar refractivity (Wildman–Crippen MR) is 114 cm³/mol. The molecule has 1 aromatic carbocycles. The molecule has 1 aromatic rings. The number of hydrogen-bond donors (Lipinski definition) is 1. The van der Waals surface area contributed by atoms with Crippen LogP contribution in [-0.2, 0) is 20.4 Å². The standard InChI is InChI=1S/C22H33NO3S/c1-21(2,3)17-11-15(12-18(20(17)25)22(4,5)6)10-16-13-23(8-9-27-16)14-19(24)26-7/h10-12,25H,8-9,13-14H2,1-7H3. The third-order valence-electron chi connectivity index (χ3n) is 4.73. The van der Waals surface area contributed by atoms with Crippen LogP contribution in [0.5, 0.6) is 5.75 Å². The summed E-state index contributed by atoms with van der Waals surface area (Å²) in [5.74, 6) is 1.16. The fourth-order valence-electron chi connectivity index (χ4n) is 3.19. The summed E-state index contributed by atoms with van der Waals surface area (Å²) in [7, 11) is 1.43. The highest BCUT2D eigenvalue weighted by atomic mass is 32.2. The predicted octanol–water partition coefficient (Wildman–Crippen LogP) is 4.55. The molecule has 0 aliphatic carbocycles. The molecule has 1 fully saturated rings. The Morgan fingerprint density at radius 3 is 2.22 bits per heavy atom. The molecule has 4 nitrogen and oxygen atoms in total. The second kappa shape index (κ2) is 8.27. The van der Waals surface area contributed by atoms with Gasteiger partial charge in [0.05, 0.1) is 13.7 Å². The molecule has 0 saturated carbocycles. The van der Waals surface area contributed by atoms with Crippen molar-refractivity contribution in [3.63, 3.8) is 0 Å². The monoisotopic (exact) mass is 391 g/mol. The van der Waals surface area contributed by atoms with Crippen LogP contribution in [0.3, 0.4) is 0 Å². The molecular formula is C22H33NO3S. The average molecular weight is 392 g/mol. The number of aromatic hydroxyl groups is 1. The Balaban J connectivity index is 2.40. The third-order valence-corrected chi connectivity index (χ3v) is 5.74. The summed E-state index contributed by atoms with van der Waals surface area (Å²) >= 11 is 1.83. The van der Waals surface area contributed by atoms with Gasteiger partial charge in [-0.25, -0.2) is 0 Å². The summed E-state index contributed by atoms with van der Waals surface area (Å²) in [6.07, 6.45) is 2.19. The Morgan fingerprint density at radius 2 is 1.74 bits per heavy atom. The average Bonchev–Trinajstić information content (AvgIpc) is 2.54. The molecule has 2 rings (SSSR count). The third kappa shape index (κ3) is 5.76. The van der Waals surface area contributed by atoms with Crippen LogP contribution in [0.15, 0.2) is 17.0 Å². The summed E-state index contributed by atoms with van der Waals surface area (Å²) in [5, 5.41) is 10.9. The summed E-state index contributed by atoms with van der Waals surface area (Å²) in [6, 6.07) is 4.19. The van der Waals surface area contributed by atoms with Gasteiger partial charge in [0.1, 0.15) is 5.75 Å². The number of ether oxygens (including phenoxy) is 1. The molecule has 0 bridgehead atoms. The molecule has 0 spiro atoms. The zero-order chi connectivity index (χ0) is 20.4. The van der Waals surface area contributed by atoms with Gasteiger partial charge in [-0.1, -0.05) is 41.5 Å². The molecule has 150 valence electrons.